The summed E-state index contributed by atoms with van der Waals surface area (Å²) >= 11 is 0. The minimum atomic E-state index is 0.0988. The lowest BCUT2D eigenvalue weighted by atomic mass is 9.67. The van der Waals surface area contributed by atoms with E-state index >= 15 is 0 Å². The fourth-order valence-electron chi connectivity index (χ4n) is 4.45. The molecule has 2 bridgehead atoms. The minimum Gasteiger partial charge on any atom is -0.489 e. The molecule has 0 aromatic heterocycles. The Balaban J connectivity index is 1.69. The summed E-state index contributed by atoms with van der Waals surface area (Å²) in [5, 5.41) is 0. The predicted octanol–water partition coefficient (Wildman–Crippen LogP) is 3.60. The first-order chi connectivity index (χ1) is 10.9. The molecule has 0 N–H and O–H groups in total. The Labute approximate surface area is 131 Å². The number of benzene rings is 2. The lowest BCUT2D eigenvalue weighted by Gasteiger charge is -2.51. The van der Waals surface area contributed by atoms with Crippen molar-refractivity contribution in [2.24, 2.45) is 0 Å². The van der Waals surface area contributed by atoms with Crippen LogP contribution in [-0.2, 0) is 5.41 Å². The molecule has 0 spiro atoms. The first kappa shape index (κ1) is 12.7. The minimum absolute atomic E-state index is 0.0988. The average molecular weight is 291 g/mol. The van der Waals surface area contributed by atoms with E-state index in [1.807, 2.05) is 0 Å². The number of fused-ring (bicyclic) bond motifs is 4. The molecule has 2 aliphatic heterocycles. The molecule has 5 rings (SSSR count). The molecule has 3 aliphatic rings. The molecule has 2 aromatic rings. The van der Waals surface area contributed by atoms with Gasteiger partial charge in [0.15, 0.2) is 0 Å². The summed E-state index contributed by atoms with van der Waals surface area (Å²) in [6, 6.07) is 20.5. The Hall–Kier alpha value is -1.80. The van der Waals surface area contributed by atoms with Crippen molar-refractivity contribution in [3.8, 4) is 5.75 Å². The van der Waals surface area contributed by atoms with E-state index in [0.29, 0.717) is 6.10 Å². The highest BCUT2D eigenvalue weighted by Gasteiger charge is 2.50. The van der Waals surface area contributed by atoms with Crippen LogP contribution in [0.1, 0.15) is 30.4 Å². The van der Waals surface area contributed by atoms with E-state index in [-0.39, 0.29) is 5.41 Å². The molecule has 0 unspecified atom stereocenters. The van der Waals surface area contributed by atoms with Gasteiger partial charge in [-0.25, -0.2) is 0 Å². The highest BCUT2D eigenvalue weighted by atomic mass is 16.5. The number of rotatable bonds is 2. The average Bonchev–Trinajstić information content (AvgIpc) is 3.40. The number of hydrogen-bond donors (Lipinski definition) is 0. The van der Waals surface area contributed by atoms with Crippen molar-refractivity contribution < 1.29 is 4.74 Å². The maximum Gasteiger partial charge on any atom is 0.123 e. The molecule has 2 heterocycles. The Morgan fingerprint density at radius 2 is 1.73 bits per heavy atom. The van der Waals surface area contributed by atoms with Crippen LogP contribution in [0.5, 0.6) is 5.75 Å². The summed E-state index contributed by atoms with van der Waals surface area (Å²) in [5.74, 6) is 1.10. The molecular weight excluding hydrogens is 270 g/mol. The number of likely N-dealkylation sites (tertiary alicyclic amines) is 1. The van der Waals surface area contributed by atoms with Gasteiger partial charge in [-0.05, 0) is 24.5 Å². The van der Waals surface area contributed by atoms with Gasteiger partial charge in [0.1, 0.15) is 11.9 Å². The standard InChI is InChI=1S/C20H21NO/c1-2-6-15(7-3-1)20-12-17(13-21(14-20)16-10-11-16)22-19-9-5-4-8-18(19)20/h1-9,16-17H,10-14H2/t17-,20+/m0/s1. The van der Waals surface area contributed by atoms with Gasteiger partial charge in [0.2, 0.25) is 0 Å². The zero-order chi connectivity index (χ0) is 14.6. The first-order valence-electron chi connectivity index (χ1n) is 8.41. The third-order valence-electron chi connectivity index (χ3n) is 5.57. The van der Waals surface area contributed by atoms with E-state index in [4.69, 9.17) is 4.74 Å². The lowest BCUT2D eigenvalue weighted by molar-refractivity contribution is 0.0267. The van der Waals surface area contributed by atoms with Crippen LogP contribution in [0.3, 0.4) is 0 Å². The van der Waals surface area contributed by atoms with Crippen LogP contribution in [0.15, 0.2) is 54.6 Å². The van der Waals surface area contributed by atoms with E-state index in [1.54, 1.807) is 0 Å². The topological polar surface area (TPSA) is 12.5 Å². The second-order valence-corrected chi connectivity index (χ2v) is 7.05. The van der Waals surface area contributed by atoms with Gasteiger partial charge in [0.25, 0.3) is 0 Å². The second-order valence-electron chi connectivity index (χ2n) is 7.05. The molecule has 2 fully saturated rings. The molecule has 1 saturated heterocycles. The number of nitrogens with zero attached hydrogens (tertiary/aromatic N) is 1. The van der Waals surface area contributed by atoms with Gasteiger partial charge in [-0.1, -0.05) is 48.5 Å². The molecule has 0 amide bonds. The van der Waals surface area contributed by atoms with E-state index in [2.05, 4.69) is 59.5 Å². The highest BCUT2D eigenvalue weighted by Crippen LogP contribution is 2.50. The largest absolute Gasteiger partial charge is 0.489 e. The van der Waals surface area contributed by atoms with Crippen LogP contribution < -0.4 is 4.74 Å². The Bertz CT molecular complexity index is 694. The van der Waals surface area contributed by atoms with Gasteiger partial charge >= 0.3 is 0 Å². The molecule has 2 nitrogen and oxygen atoms in total. The maximum absolute atomic E-state index is 6.32. The van der Waals surface area contributed by atoms with Crippen molar-refractivity contribution in [3.63, 3.8) is 0 Å². The van der Waals surface area contributed by atoms with Gasteiger partial charge < -0.3 is 4.74 Å². The second kappa shape index (κ2) is 4.60. The Morgan fingerprint density at radius 3 is 2.55 bits per heavy atom. The molecule has 112 valence electrons. The van der Waals surface area contributed by atoms with Crippen LogP contribution >= 0.6 is 0 Å². The maximum atomic E-state index is 6.32. The SMILES string of the molecule is c1ccc([C@@]23C[C@@H](CN(C4CC4)C2)Oc2ccccc23)cc1. The summed E-state index contributed by atoms with van der Waals surface area (Å²) in [4.78, 5) is 2.68. The number of piperidine rings is 1. The summed E-state index contributed by atoms with van der Waals surface area (Å²) < 4.78 is 6.32. The van der Waals surface area contributed by atoms with E-state index in [0.717, 1.165) is 31.3 Å². The molecular formula is C20H21NO. The Kier molecular flexibility index (Phi) is 2.66. The van der Waals surface area contributed by atoms with Gasteiger partial charge in [-0.2, -0.15) is 0 Å². The summed E-state index contributed by atoms with van der Waals surface area (Å²) in [5.41, 5.74) is 2.92. The van der Waals surface area contributed by atoms with Crippen LogP contribution in [0, 0.1) is 0 Å². The van der Waals surface area contributed by atoms with E-state index in [1.165, 1.54) is 24.0 Å². The van der Waals surface area contributed by atoms with E-state index < -0.39 is 0 Å². The van der Waals surface area contributed by atoms with E-state index in [9.17, 15) is 0 Å². The quantitative estimate of drug-likeness (QED) is 0.838. The van der Waals surface area contributed by atoms with Gasteiger partial charge in [-0.15, -0.1) is 0 Å². The molecule has 1 saturated carbocycles. The molecule has 2 heteroatoms. The first-order valence-corrected chi connectivity index (χ1v) is 8.41. The molecule has 2 aromatic carbocycles. The number of ether oxygens (including phenoxy) is 1. The smallest absolute Gasteiger partial charge is 0.123 e. The molecule has 1 aliphatic carbocycles. The van der Waals surface area contributed by atoms with Crippen molar-refractivity contribution in [1.29, 1.82) is 0 Å². The fraction of sp³-hybridized carbons (Fsp3) is 0.400. The Morgan fingerprint density at radius 1 is 0.955 bits per heavy atom. The number of para-hydroxylation sites is 1. The number of hydrogen-bond acceptors (Lipinski definition) is 2. The van der Waals surface area contributed by atoms with Crippen LogP contribution in [-0.4, -0.2) is 30.1 Å². The zero-order valence-electron chi connectivity index (χ0n) is 12.7. The third kappa shape index (κ3) is 1.83. The normalized spacial score (nSPS) is 30.5. The van der Waals surface area contributed by atoms with Crippen molar-refractivity contribution in [3.05, 3.63) is 65.7 Å². The van der Waals surface area contributed by atoms with Crippen LogP contribution in [0.2, 0.25) is 0 Å². The fourth-order valence-corrected chi connectivity index (χ4v) is 4.45. The molecule has 2 atom stereocenters. The molecule has 0 radical (unpaired) electrons. The van der Waals surface area contributed by atoms with Crippen molar-refractivity contribution in [2.75, 3.05) is 13.1 Å². The van der Waals surface area contributed by atoms with Crippen LogP contribution in [0.4, 0.5) is 0 Å². The third-order valence-corrected chi connectivity index (χ3v) is 5.57. The summed E-state index contributed by atoms with van der Waals surface area (Å²) in [7, 11) is 0. The van der Waals surface area contributed by atoms with Crippen molar-refractivity contribution in [2.45, 2.75) is 36.8 Å². The highest BCUT2D eigenvalue weighted by molar-refractivity contribution is 5.50. The zero-order valence-corrected chi connectivity index (χ0v) is 12.7. The van der Waals surface area contributed by atoms with Gasteiger partial charge in [0, 0.05) is 36.5 Å². The monoisotopic (exact) mass is 291 g/mol. The van der Waals surface area contributed by atoms with Gasteiger partial charge in [0.05, 0.1) is 0 Å². The summed E-state index contributed by atoms with van der Waals surface area (Å²) in [6.07, 6.45) is 4.15. The molecule has 22 heavy (non-hydrogen) atoms. The van der Waals surface area contributed by atoms with Crippen molar-refractivity contribution in [1.82, 2.24) is 4.90 Å². The lowest BCUT2D eigenvalue weighted by Crippen LogP contribution is -2.57. The van der Waals surface area contributed by atoms with Crippen molar-refractivity contribution >= 4 is 0 Å². The van der Waals surface area contributed by atoms with Crippen LogP contribution in [0.25, 0.3) is 0 Å². The van der Waals surface area contributed by atoms with Gasteiger partial charge in [-0.3, -0.25) is 4.90 Å². The predicted molar refractivity (Wildman–Crippen MR) is 87.3 cm³/mol. The summed E-state index contributed by atoms with van der Waals surface area (Å²) in [6.45, 7) is 2.23.